The predicted molar refractivity (Wildman–Crippen MR) is 110 cm³/mol. The van der Waals surface area contributed by atoms with Crippen LogP contribution in [-0.2, 0) is 13.0 Å². The molecule has 28 heavy (non-hydrogen) atoms. The van der Waals surface area contributed by atoms with E-state index in [1.54, 1.807) is 26.0 Å². The van der Waals surface area contributed by atoms with E-state index in [0.29, 0.717) is 35.6 Å². The van der Waals surface area contributed by atoms with Crippen LogP contribution in [0.2, 0.25) is 0 Å². The molecular weight excluding hydrogens is 356 g/mol. The van der Waals surface area contributed by atoms with Gasteiger partial charge in [0, 0.05) is 18.4 Å². The summed E-state index contributed by atoms with van der Waals surface area (Å²) in [6.07, 6.45) is 2.46. The minimum atomic E-state index is -0.0438. The molecule has 0 fully saturated rings. The normalized spacial score (nSPS) is 10.9. The van der Waals surface area contributed by atoms with Gasteiger partial charge < -0.3 is 14.2 Å². The van der Waals surface area contributed by atoms with Crippen molar-refractivity contribution in [1.82, 2.24) is 9.78 Å². The number of unbranched alkanes of at least 4 members (excludes halogenated alkanes) is 1. The minimum absolute atomic E-state index is 0.0438. The molecule has 0 saturated carbocycles. The SMILES string of the molecule is CCCCn1nc(Cc2cc(OC)c(OC)c(OC)c2)c2ccccc2c1=O. The number of aromatic nitrogens is 2. The van der Waals surface area contributed by atoms with Gasteiger partial charge in [0.15, 0.2) is 11.5 Å². The molecule has 1 aromatic heterocycles. The van der Waals surface area contributed by atoms with Crippen LogP contribution in [0.3, 0.4) is 0 Å². The second-order valence-corrected chi connectivity index (χ2v) is 6.58. The van der Waals surface area contributed by atoms with Crippen molar-refractivity contribution >= 4 is 10.8 Å². The molecule has 0 saturated heterocycles. The summed E-state index contributed by atoms with van der Waals surface area (Å²) in [5.41, 5.74) is 1.77. The highest BCUT2D eigenvalue weighted by molar-refractivity contribution is 5.83. The van der Waals surface area contributed by atoms with E-state index < -0.39 is 0 Å². The van der Waals surface area contributed by atoms with E-state index in [1.165, 1.54) is 0 Å². The number of hydrogen-bond donors (Lipinski definition) is 0. The van der Waals surface area contributed by atoms with E-state index in [1.807, 2.05) is 36.4 Å². The van der Waals surface area contributed by atoms with Crippen molar-refractivity contribution in [2.75, 3.05) is 21.3 Å². The maximum atomic E-state index is 12.8. The fourth-order valence-electron chi connectivity index (χ4n) is 3.33. The van der Waals surface area contributed by atoms with E-state index in [2.05, 4.69) is 12.0 Å². The summed E-state index contributed by atoms with van der Waals surface area (Å²) in [5, 5.41) is 6.24. The third kappa shape index (κ3) is 3.81. The molecule has 0 aliphatic heterocycles. The lowest BCUT2D eigenvalue weighted by Gasteiger charge is -2.15. The third-order valence-corrected chi connectivity index (χ3v) is 4.76. The van der Waals surface area contributed by atoms with E-state index in [-0.39, 0.29) is 5.56 Å². The second kappa shape index (κ2) is 8.78. The minimum Gasteiger partial charge on any atom is -0.493 e. The zero-order chi connectivity index (χ0) is 20.1. The summed E-state index contributed by atoms with van der Waals surface area (Å²) in [5.74, 6) is 1.75. The van der Waals surface area contributed by atoms with Gasteiger partial charge in [-0.1, -0.05) is 31.5 Å². The van der Waals surface area contributed by atoms with Crippen LogP contribution in [0.4, 0.5) is 0 Å². The highest BCUT2D eigenvalue weighted by atomic mass is 16.5. The first kappa shape index (κ1) is 19.7. The summed E-state index contributed by atoms with van der Waals surface area (Å²) in [6.45, 7) is 2.71. The lowest BCUT2D eigenvalue weighted by molar-refractivity contribution is 0.324. The van der Waals surface area contributed by atoms with Gasteiger partial charge in [-0.2, -0.15) is 5.10 Å². The van der Waals surface area contributed by atoms with Crippen LogP contribution in [-0.4, -0.2) is 31.1 Å². The fourth-order valence-corrected chi connectivity index (χ4v) is 3.33. The number of rotatable bonds is 8. The van der Waals surface area contributed by atoms with Gasteiger partial charge in [0.25, 0.3) is 5.56 Å². The standard InChI is InChI=1S/C22H26N2O4/c1-5-6-11-24-22(25)17-10-8-7-9-16(17)18(23-24)12-15-13-19(26-2)21(28-4)20(14-15)27-3/h7-10,13-14H,5-6,11-12H2,1-4H3. The molecule has 6 nitrogen and oxygen atoms in total. The Labute approximate surface area is 164 Å². The molecule has 0 atom stereocenters. The van der Waals surface area contributed by atoms with Crippen molar-refractivity contribution in [1.29, 1.82) is 0 Å². The fraction of sp³-hybridized carbons (Fsp3) is 0.364. The Morgan fingerprint density at radius 2 is 1.61 bits per heavy atom. The summed E-state index contributed by atoms with van der Waals surface area (Å²) in [7, 11) is 4.78. The molecule has 2 aromatic carbocycles. The van der Waals surface area contributed by atoms with Crippen molar-refractivity contribution in [3.63, 3.8) is 0 Å². The summed E-state index contributed by atoms with van der Waals surface area (Å²) in [4.78, 5) is 12.8. The zero-order valence-corrected chi connectivity index (χ0v) is 16.8. The highest BCUT2D eigenvalue weighted by Gasteiger charge is 2.16. The van der Waals surface area contributed by atoms with Crippen molar-refractivity contribution in [3.8, 4) is 17.2 Å². The number of ether oxygens (including phenoxy) is 3. The van der Waals surface area contributed by atoms with Crippen LogP contribution >= 0.6 is 0 Å². The van der Waals surface area contributed by atoms with Gasteiger partial charge >= 0.3 is 0 Å². The molecule has 0 amide bonds. The molecule has 0 N–H and O–H groups in total. The topological polar surface area (TPSA) is 62.6 Å². The Morgan fingerprint density at radius 1 is 0.964 bits per heavy atom. The van der Waals surface area contributed by atoms with Crippen molar-refractivity contribution < 1.29 is 14.2 Å². The molecule has 6 heteroatoms. The molecule has 3 aromatic rings. The zero-order valence-electron chi connectivity index (χ0n) is 16.8. The molecule has 0 aliphatic carbocycles. The first-order valence-corrected chi connectivity index (χ1v) is 9.40. The Kier molecular flexibility index (Phi) is 6.19. The number of fused-ring (bicyclic) bond motifs is 1. The first-order chi connectivity index (χ1) is 13.6. The molecule has 1 heterocycles. The van der Waals surface area contributed by atoms with Gasteiger partial charge in [0.1, 0.15) is 0 Å². The summed E-state index contributed by atoms with van der Waals surface area (Å²) >= 11 is 0. The van der Waals surface area contributed by atoms with E-state index in [4.69, 9.17) is 14.2 Å². The first-order valence-electron chi connectivity index (χ1n) is 9.40. The Hall–Kier alpha value is -3.02. The molecule has 0 aliphatic rings. The number of hydrogen-bond acceptors (Lipinski definition) is 5. The smallest absolute Gasteiger partial charge is 0.274 e. The van der Waals surface area contributed by atoms with Gasteiger partial charge in [-0.3, -0.25) is 4.79 Å². The third-order valence-electron chi connectivity index (χ3n) is 4.76. The summed E-state index contributed by atoms with van der Waals surface area (Å²) < 4.78 is 17.9. The molecular formula is C22H26N2O4. The van der Waals surface area contributed by atoms with Crippen LogP contribution < -0.4 is 19.8 Å². The maximum Gasteiger partial charge on any atom is 0.274 e. The van der Waals surface area contributed by atoms with Crippen LogP contribution in [0.5, 0.6) is 17.2 Å². The molecule has 3 rings (SSSR count). The number of benzene rings is 2. The summed E-state index contributed by atoms with van der Waals surface area (Å²) in [6, 6.07) is 11.5. The lowest BCUT2D eigenvalue weighted by atomic mass is 10.0. The lowest BCUT2D eigenvalue weighted by Crippen LogP contribution is -2.25. The van der Waals surface area contributed by atoms with Gasteiger partial charge in [-0.25, -0.2) is 4.68 Å². The molecule has 148 valence electrons. The van der Waals surface area contributed by atoms with Crippen LogP contribution in [0.25, 0.3) is 10.8 Å². The van der Waals surface area contributed by atoms with Gasteiger partial charge in [-0.15, -0.1) is 0 Å². The average Bonchev–Trinajstić information content (AvgIpc) is 2.74. The van der Waals surface area contributed by atoms with Crippen LogP contribution in [0, 0.1) is 0 Å². The second-order valence-electron chi connectivity index (χ2n) is 6.58. The predicted octanol–water partition coefficient (Wildman–Crippen LogP) is 3.81. The molecule has 0 radical (unpaired) electrons. The maximum absolute atomic E-state index is 12.8. The van der Waals surface area contributed by atoms with E-state index in [9.17, 15) is 4.79 Å². The Bertz CT molecular complexity index is 1000. The molecule has 0 bridgehead atoms. The molecule has 0 unspecified atom stereocenters. The van der Waals surface area contributed by atoms with Crippen LogP contribution in [0.15, 0.2) is 41.2 Å². The molecule has 0 spiro atoms. The number of methoxy groups -OCH3 is 3. The van der Waals surface area contributed by atoms with Gasteiger partial charge in [0.05, 0.1) is 32.4 Å². The quantitative estimate of drug-likeness (QED) is 0.593. The Balaban J connectivity index is 2.11. The Morgan fingerprint density at radius 3 is 2.18 bits per heavy atom. The van der Waals surface area contributed by atoms with Gasteiger partial charge in [-0.05, 0) is 30.2 Å². The largest absolute Gasteiger partial charge is 0.493 e. The monoisotopic (exact) mass is 382 g/mol. The van der Waals surface area contributed by atoms with E-state index in [0.717, 1.165) is 29.5 Å². The van der Waals surface area contributed by atoms with Crippen LogP contribution in [0.1, 0.15) is 31.0 Å². The number of aryl methyl sites for hydroxylation is 1. The highest BCUT2D eigenvalue weighted by Crippen LogP contribution is 2.38. The van der Waals surface area contributed by atoms with Crippen molar-refractivity contribution in [2.45, 2.75) is 32.7 Å². The number of nitrogens with zero attached hydrogens (tertiary/aromatic N) is 2. The van der Waals surface area contributed by atoms with E-state index >= 15 is 0 Å². The van der Waals surface area contributed by atoms with Gasteiger partial charge in [0.2, 0.25) is 5.75 Å². The average molecular weight is 382 g/mol. The van der Waals surface area contributed by atoms with Crippen molar-refractivity contribution in [2.24, 2.45) is 0 Å². The van der Waals surface area contributed by atoms with Crippen molar-refractivity contribution in [3.05, 3.63) is 58.0 Å².